The summed E-state index contributed by atoms with van der Waals surface area (Å²) in [4.78, 5) is 4.02. The van der Waals surface area contributed by atoms with Crippen LogP contribution in [0.25, 0.3) is 0 Å². The van der Waals surface area contributed by atoms with Gasteiger partial charge in [0, 0.05) is 6.54 Å². The van der Waals surface area contributed by atoms with Gasteiger partial charge < -0.3 is 15.2 Å². The van der Waals surface area contributed by atoms with Crippen molar-refractivity contribution in [3.05, 3.63) is 27.5 Å². The number of hydrogen-bond acceptors (Lipinski definition) is 4. The fourth-order valence-electron chi connectivity index (χ4n) is 1.79. The van der Waals surface area contributed by atoms with E-state index in [9.17, 15) is 5.11 Å². The summed E-state index contributed by atoms with van der Waals surface area (Å²) in [6.45, 7) is 1.41. The predicted molar refractivity (Wildman–Crippen MR) is 64.5 cm³/mol. The van der Waals surface area contributed by atoms with Crippen molar-refractivity contribution in [1.29, 1.82) is 0 Å². The molecular weight excluding hydrogens is 295 g/mol. The molecule has 2 rings (SSSR count). The van der Waals surface area contributed by atoms with Gasteiger partial charge in [-0.1, -0.05) is 11.6 Å². The lowest BCUT2D eigenvalue weighted by molar-refractivity contribution is -0.0210. The van der Waals surface area contributed by atoms with Crippen molar-refractivity contribution in [2.75, 3.05) is 19.8 Å². The van der Waals surface area contributed by atoms with E-state index in [0.717, 1.165) is 12.1 Å². The van der Waals surface area contributed by atoms with Gasteiger partial charge in [0.25, 0.3) is 0 Å². The van der Waals surface area contributed by atoms with Crippen molar-refractivity contribution in [3.63, 3.8) is 0 Å². The quantitative estimate of drug-likeness (QED) is 0.814. The van der Waals surface area contributed by atoms with Gasteiger partial charge in [-0.15, -0.1) is 0 Å². The SMILES string of the molecule is OCC1NCCOC1c1cc(Cl)nc(Br)c1. The third kappa shape index (κ3) is 2.73. The third-order valence-corrected chi connectivity index (χ3v) is 3.08. The standard InChI is InChI=1S/C10H12BrClN2O2/c11-8-3-6(4-9(12)14-8)10-7(5-15)13-1-2-16-10/h3-4,7,10,13,15H,1-2,5H2. The number of hydrogen-bond donors (Lipinski definition) is 2. The fraction of sp³-hybridized carbons (Fsp3) is 0.500. The summed E-state index contributed by atoms with van der Waals surface area (Å²) >= 11 is 9.17. The number of nitrogens with zero attached hydrogens (tertiary/aromatic N) is 1. The first kappa shape index (κ1) is 12.3. The van der Waals surface area contributed by atoms with E-state index in [0.29, 0.717) is 16.4 Å². The molecule has 4 nitrogen and oxygen atoms in total. The van der Waals surface area contributed by atoms with Gasteiger partial charge in [0.15, 0.2) is 0 Å². The number of pyridine rings is 1. The Bertz CT molecular complexity index is 358. The summed E-state index contributed by atoms with van der Waals surface area (Å²) in [5.74, 6) is 0. The number of halogens is 2. The van der Waals surface area contributed by atoms with Crippen LogP contribution in [0.15, 0.2) is 16.7 Å². The monoisotopic (exact) mass is 306 g/mol. The average molecular weight is 308 g/mol. The van der Waals surface area contributed by atoms with Crippen molar-refractivity contribution in [2.45, 2.75) is 12.1 Å². The number of nitrogens with one attached hydrogen (secondary N) is 1. The molecule has 0 aliphatic carbocycles. The summed E-state index contributed by atoms with van der Waals surface area (Å²) in [6, 6.07) is 3.51. The first-order chi connectivity index (χ1) is 7.70. The molecule has 1 fully saturated rings. The molecule has 6 heteroatoms. The predicted octanol–water partition coefficient (Wildman–Crippen LogP) is 1.52. The first-order valence-corrected chi connectivity index (χ1v) is 6.16. The molecule has 1 saturated heterocycles. The largest absolute Gasteiger partial charge is 0.395 e. The van der Waals surface area contributed by atoms with Crippen LogP contribution in [0.2, 0.25) is 5.15 Å². The Kier molecular flexibility index (Phi) is 4.16. The molecule has 1 aromatic rings. The van der Waals surface area contributed by atoms with Crippen LogP contribution in [0, 0.1) is 0 Å². The molecule has 88 valence electrons. The summed E-state index contributed by atoms with van der Waals surface area (Å²) in [7, 11) is 0. The van der Waals surface area contributed by atoms with Crippen LogP contribution < -0.4 is 5.32 Å². The van der Waals surface area contributed by atoms with Gasteiger partial charge in [-0.2, -0.15) is 0 Å². The van der Waals surface area contributed by atoms with Gasteiger partial charge in [0.1, 0.15) is 15.9 Å². The molecule has 1 aromatic heterocycles. The zero-order chi connectivity index (χ0) is 11.5. The van der Waals surface area contributed by atoms with Crippen molar-refractivity contribution in [3.8, 4) is 0 Å². The Morgan fingerprint density at radius 3 is 3.12 bits per heavy atom. The van der Waals surface area contributed by atoms with Crippen LogP contribution in [0.1, 0.15) is 11.7 Å². The van der Waals surface area contributed by atoms with E-state index in [4.69, 9.17) is 16.3 Å². The number of rotatable bonds is 2. The van der Waals surface area contributed by atoms with E-state index in [2.05, 4.69) is 26.2 Å². The smallest absolute Gasteiger partial charge is 0.130 e. The molecule has 2 heterocycles. The molecule has 1 aliphatic heterocycles. The van der Waals surface area contributed by atoms with Crippen LogP contribution in [0.5, 0.6) is 0 Å². The van der Waals surface area contributed by atoms with Gasteiger partial charge >= 0.3 is 0 Å². The van der Waals surface area contributed by atoms with E-state index in [-0.39, 0.29) is 18.8 Å². The maximum absolute atomic E-state index is 9.26. The van der Waals surface area contributed by atoms with Gasteiger partial charge in [-0.3, -0.25) is 0 Å². The highest BCUT2D eigenvalue weighted by molar-refractivity contribution is 9.10. The number of aliphatic hydroxyl groups excluding tert-OH is 1. The van der Waals surface area contributed by atoms with Crippen LogP contribution in [-0.2, 0) is 4.74 Å². The zero-order valence-electron chi connectivity index (χ0n) is 8.49. The highest BCUT2D eigenvalue weighted by Gasteiger charge is 2.27. The molecule has 0 amide bonds. The van der Waals surface area contributed by atoms with Crippen molar-refractivity contribution in [2.24, 2.45) is 0 Å². The molecule has 2 unspecified atom stereocenters. The Morgan fingerprint density at radius 1 is 1.62 bits per heavy atom. The lowest BCUT2D eigenvalue weighted by Gasteiger charge is -2.31. The minimum absolute atomic E-state index is 0.0300. The van der Waals surface area contributed by atoms with E-state index in [1.807, 2.05) is 6.07 Å². The van der Waals surface area contributed by atoms with Crippen LogP contribution in [0.3, 0.4) is 0 Å². The Morgan fingerprint density at radius 2 is 2.44 bits per heavy atom. The summed E-state index contributed by atoms with van der Waals surface area (Å²) in [5, 5.41) is 12.9. The molecule has 2 atom stereocenters. The molecule has 0 aromatic carbocycles. The maximum atomic E-state index is 9.26. The van der Waals surface area contributed by atoms with Gasteiger partial charge in [0.2, 0.25) is 0 Å². The maximum Gasteiger partial charge on any atom is 0.130 e. The lowest BCUT2D eigenvalue weighted by Crippen LogP contribution is -2.45. The van der Waals surface area contributed by atoms with E-state index in [1.165, 1.54) is 0 Å². The van der Waals surface area contributed by atoms with Gasteiger partial charge in [-0.25, -0.2) is 4.98 Å². The summed E-state index contributed by atoms with van der Waals surface area (Å²) in [5.41, 5.74) is 0.915. The Hall–Kier alpha value is -0.200. The van der Waals surface area contributed by atoms with E-state index < -0.39 is 0 Å². The molecule has 0 bridgehead atoms. The van der Waals surface area contributed by atoms with Gasteiger partial charge in [-0.05, 0) is 33.6 Å². The number of aromatic nitrogens is 1. The second-order valence-electron chi connectivity index (χ2n) is 3.58. The molecular formula is C10H12BrClN2O2. The normalized spacial score (nSPS) is 25.7. The van der Waals surface area contributed by atoms with Crippen molar-refractivity contribution >= 4 is 27.5 Å². The average Bonchev–Trinajstić information content (AvgIpc) is 2.27. The minimum Gasteiger partial charge on any atom is -0.395 e. The second-order valence-corrected chi connectivity index (χ2v) is 4.78. The third-order valence-electron chi connectivity index (χ3n) is 2.48. The van der Waals surface area contributed by atoms with Gasteiger partial charge in [0.05, 0.1) is 19.3 Å². The van der Waals surface area contributed by atoms with E-state index in [1.54, 1.807) is 6.07 Å². The van der Waals surface area contributed by atoms with Crippen LogP contribution >= 0.6 is 27.5 Å². The molecule has 16 heavy (non-hydrogen) atoms. The topological polar surface area (TPSA) is 54.4 Å². The Labute approximate surface area is 107 Å². The number of ether oxygens (including phenoxy) is 1. The van der Waals surface area contributed by atoms with Crippen molar-refractivity contribution in [1.82, 2.24) is 10.3 Å². The minimum atomic E-state index is -0.185. The highest BCUT2D eigenvalue weighted by atomic mass is 79.9. The summed E-state index contributed by atoms with van der Waals surface area (Å²) < 4.78 is 6.32. The van der Waals surface area contributed by atoms with Crippen molar-refractivity contribution < 1.29 is 9.84 Å². The van der Waals surface area contributed by atoms with Crippen LogP contribution in [0.4, 0.5) is 0 Å². The lowest BCUT2D eigenvalue weighted by atomic mass is 10.0. The number of morpholine rings is 1. The number of aliphatic hydroxyl groups is 1. The molecule has 0 saturated carbocycles. The Balaban J connectivity index is 2.26. The fourth-order valence-corrected chi connectivity index (χ4v) is 2.56. The molecule has 0 radical (unpaired) electrons. The van der Waals surface area contributed by atoms with E-state index >= 15 is 0 Å². The molecule has 0 spiro atoms. The zero-order valence-corrected chi connectivity index (χ0v) is 10.8. The first-order valence-electron chi connectivity index (χ1n) is 4.99. The van der Waals surface area contributed by atoms with Crippen LogP contribution in [-0.4, -0.2) is 35.9 Å². The summed E-state index contributed by atoms with van der Waals surface area (Å²) in [6.07, 6.45) is -0.185. The molecule has 1 aliphatic rings. The molecule has 2 N–H and O–H groups in total. The second kappa shape index (κ2) is 5.42. The highest BCUT2D eigenvalue weighted by Crippen LogP contribution is 2.27.